The summed E-state index contributed by atoms with van der Waals surface area (Å²) in [6, 6.07) is 9.72. The van der Waals surface area contributed by atoms with Gasteiger partial charge in [0.25, 0.3) is 0 Å². The Morgan fingerprint density at radius 3 is 2.60 bits per heavy atom. The number of rotatable bonds is 4. The van der Waals surface area contributed by atoms with Crippen molar-refractivity contribution in [3.8, 4) is 5.69 Å². The molecular formula is C16H19N3O. The van der Waals surface area contributed by atoms with Gasteiger partial charge in [-0.15, -0.1) is 5.10 Å². The lowest BCUT2D eigenvalue weighted by molar-refractivity contribution is 0.0782. The van der Waals surface area contributed by atoms with E-state index in [-0.39, 0.29) is 11.2 Å². The molecule has 4 heteroatoms. The van der Waals surface area contributed by atoms with Crippen LogP contribution >= 0.6 is 0 Å². The second-order valence-electron chi connectivity index (χ2n) is 5.54. The topological polar surface area (TPSA) is 47.8 Å². The molecule has 0 amide bonds. The second kappa shape index (κ2) is 5.19. The van der Waals surface area contributed by atoms with Crippen LogP contribution in [0, 0.1) is 5.41 Å². The Bertz CT molecular complexity index is 597. The van der Waals surface area contributed by atoms with E-state index in [2.05, 4.69) is 17.2 Å². The first-order valence-electron chi connectivity index (χ1n) is 7.28. The maximum Gasteiger partial charge on any atom is 0.189 e. The SMILES string of the molecule is CCC1(C(=O)c2cnnn2-c2ccccc2)CCCC1. The van der Waals surface area contributed by atoms with Crippen LogP contribution in [0.4, 0.5) is 0 Å². The lowest BCUT2D eigenvalue weighted by atomic mass is 9.78. The Morgan fingerprint density at radius 1 is 1.25 bits per heavy atom. The summed E-state index contributed by atoms with van der Waals surface area (Å²) in [7, 11) is 0. The van der Waals surface area contributed by atoms with Crippen LogP contribution in [0.25, 0.3) is 5.69 Å². The third-order valence-corrected chi connectivity index (χ3v) is 4.50. The lowest BCUT2D eigenvalue weighted by Crippen LogP contribution is -2.29. The van der Waals surface area contributed by atoms with E-state index in [9.17, 15) is 4.79 Å². The van der Waals surface area contributed by atoms with Crippen molar-refractivity contribution in [1.82, 2.24) is 15.0 Å². The molecule has 3 rings (SSSR count). The third-order valence-electron chi connectivity index (χ3n) is 4.50. The van der Waals surface area contributed by atoms with Gasteiger partial charge in [-0.1, -0.05) is 43.2 Å². The summed E-state index contributed by atoms with van der Waals surface area (Å²) in [6.45, 7) is 2.11. The number of carbonyl (C=O) groups excluding carboxylic acids is 1. The first-order valence-corrected chi connectivity index (χ1v) is 7.28. The summed E-state index contributed by atoms with van der Waals surface area (Å²) in [5.74, 6) is 0.200. The smallest absolute Gasteiger partial charge is 0.189 e. The summed E-state index contributed by atoms with van der Waals surface area (Å²) >= 11 is 0. The normalized spacial score (nSPS) is 17.2. The van der Waals surface area contributed by atoms with Crippen LogP contribution in [0.5, 0.6) is 0 Å². The van der Waals surface area contributed by atoms with Gasteiger partial charge in [0, 0.05) is 5.41 Å². The first-order chi connectivity index (χ1) is 9.77. The van der Waals surface area contributed by atoms with Gasteiger partial charge in [-0.05, 0) is 31.4 Å². The number of para-hydroxylation sites is 1. The predicted octanol–water partition coefficient (Wildman–Crippen LogP) is 3.42. The molecule has 0 aliphatic heterocycles. The van der Waals surface area contributed by atoms with Gasteiger partial charge in [0.2, 0.25) is 0 Å². The Morgan fingerprint density at radius 2 is 1.95 bits per heavy atom. The zero-order valence-electron chi connectivity index (χ0n) is 11.7. The molecule has 0 saturated heterocycles. The van der Waals surface area contributed by atoms with Gasteiger partial charge in [-0.2, -0.15) is 0 Å². The van der Waals surface area contributed by atoms with Gasteiger partial charge in [-0.25, -0.2) is 4.68 Å². The Kier molecular flexibility index (Phi) is 3.38. The fourth-order valence-electron chi connectivity index (χ4n) is 3.21. The van der Waals surface area contributed by atoms with Crippen LogP contribution in [-0.4, -0.2) is 20.8 Å². The van der Waals surface area contributed by atoms with E-state index in [0.29, 0.717) is 5.69 Å². The van der Waals surface area contributed by atoms with Crippen molar-refractivity contribution in [1.29, 1.82) is 0 Å². The number of Topliss-reactive ketones (excluding diaryl/α,β-unsaturated/α-hetero) is 1. The number of nitrogens with zero attached hydrogens (tertiary/aromatic N) is 3. The van der Waals surface area contributed by atoms with Crippen molar-refractivity contribution in [2.75, 3.05) is 0 Å². The van der Waals surface area contributed by atoms with E-state index < -0.39 is 0 Å². The van der Waals surface area contributed by atoms with Crippen molar-refractivity contribution in [2.45, 2.75) is 39.0 Å². The molecule has 1 aliphatic carbocycles. The van der Waals surface area contributed by atoms with Crippen LogP contribution in [0.3, 0.4) is 0 Å². The van der Waals surface area contributed by atoms with Crippen molar-refractivity contribution in [3.05, 3.63) is 42.2 Å². The number of hydrogen-bond acceptors (Lipinski definition) is 3. The average Bonchev–Trinajstić information content (AvgIpc) is 3.17. The summed E-state index contributed by atoms with van der Waals surface area (Å²) in [4.78, 5) is 13.0. The zero-order valence-corrected chi connectivity index (χ0v) is 11.7. The minimum atomic E-state index is -0.200. The van der Waals surface area contributed by atoms with Crippen LogP contribution in [0.2, 0.25) is 0 Å². The van der Waals surface area contributed by atoms with Crippen LogP contribution < -0.4 is 0 Å². The van der Waals surface area contributed by atoms with Crippen LogP contribution in [0.15, 0.2) is 36.5 Å². The monoisotopic (exact) mass is 269 g/mol. The van der Waals surface area contributed by atoms with Gasteiger partial charge in [0.1, 0.15) is 5.69 Å². The van der Waals surface area contributed by atoms with Gasteiger partial charge in [0.05, 0.1) is 11.9 Å². The summed E-state index contributed by atoms with van der Waals surface area (Å²) in [6.07, 6.45) is 6.76. The van der Waals surface area contributed by atoms with E-state index in [0.717, 1.165) is 37.8 Å². The molecule has 4 nitrogen and oxygen atoms in total. The van der Waals surface area contributed by atoms with Crippen molar-refractivity contribution in [2.24, 2.45) is 5.41 Å². The fourth-order valence-corrected chi connectivity index (χ4v) is 3.21. The molecule has 1 aliphatic rings. The molecule has 0 unspecified atom stereocenters. The number of benzene rings is 1. The standard InChI is InChI=1S/C16H19N3O/c1-2-16(10-6-7-11-16)15(20)14-12-17-18-19(14)13-8-4-3-5-9-13/h3-5,8-9,12H,2,6-7,10-11H2,1H3. The average molecular weight is 269 g/mol. The maximum absolute atomic E-state index is 13.0. The quantitative estimate of drug-likeness (QED) is 0.799. The molecule has 0 N–H and O–H groups in total. The molecule has 0 radical (unpaired) electrons. The van der Waals surface area contributed by atoms with Gasteiger partial charge < -0.3 is 0 Å². The van der Waals surface area contributed by atoms with Crippen molar-refractivity contribution < 1.29 is 4.79 Å². The molecule has 104 valence electrons. The van der Waals surface area contributed by atoms with E-state index in [1.807, 2.05) is 30.3 Å². The van der Waals surface area contributed by atoms with E-state index in [4.69, 9.17) is 0 Å². The summed E-state index contributed by atoms with van der Waals surface area (Å²) < 4.78 is 1.66. The number of aromatic nitrogens is 3. The van der Waals surface area contributed by atoms with Crippen molar-refractivity contribution >= 4 is 5.78 Å². The number of ketones is 1. The molecule has 1 aromatic carbocycles. The highest BCUT2D eigenvalue weighted by atomic mass is 16.1. The fraction of sp³-hybridized carbons (Fsp3) is 0.438. The molecule has 20 heavy (non-hydrogen) atoms. The Balaban J connectivity index is 2.00. The molecule has 1 heterocycles. The highest BCUT2D eigenvalue weighted by Gasteiger charge is 2.41. The summed E-state index contributed by atoms with van der Waals surface area (Å²) in [5, 5.41) is 8.04. The van der Waals surface area contributed by atoms with E-state index in [1.54, 1.807) is 10.9 Å². The number of carbonyl (C=O) groups is 1. The number of hydrogen-bond donors (Lipinski definition) is 0. The zero-order chi connectivity index (χ0) is 14.0. The van der Waals surface area contributed by atoms with Crippen molar-refractivity contribution in [3.63, 3.8) is 0 Å². The lowest BCUT2D eigenvalue weighted by Gasteiger charge is -2.25. The molecular weight excluding hydrogens is 250 g/mol. The Hall–Kier alpha value is -1.97. The minimum absolute atomic E-state index is 0.200. The molecule has 2 aromatic rings. The van der Waals surface area contributed by atoms with E-state index >= 15 is 0 Å². The molecule has 1 aromatic heterocycles. The van der Waals surface area contributed by atoms with Gasteiger partial charge in [-0.3, -0.25) is 4.79 Å². The minimum Gasteiger partial charge on any atom is -0.292 e. The van der Waals surface area contributed by atoms with Crippen LogP contribution in [0.1, 0.15) is 49.5 Å². The predicted molar refractivity (Wildman–Crippen MR) is 76.9 cm³/mol. The Labute approximate surface area is 118 Å². The molecule has 1 fully saturated rings. The maximum atomic E-state index is 13.0. The summed E-state index contributed by atoms with van der Waals surface area (Å²) in [5.41, 5.74) is 1.30. The highest BCUT2D eigenvalue weighted by Crippen LogP contribution is 2.43. The second-order valence-corrected chi connectivity index (χ2v) is 5.54. The first kappa shape index (κ1) is 13.0. The largest absolute Gasteiger partial charge is 0.292 e. The van der Waals surface area contributed by atoms with Gasteiger partial charge >= 0.3 is 0 Å². The molecule has 0 atom stereocenters. The van der Waals surface area contributed by atoms with Gasteiger partial charge in [0.15, 0.2) is 5.78 Å². The van der Waals surface area contributed by atoms with Crippen LogP contribution in [-0.2, 0) is 0 Å². The molecule has 1 saturated carbocycles. The molecule has 0 spiro atoms. The highest BCUT2D eigenvalue weighted by molar-refractivity contribution is 5.99. The molecule has 0 bridgehead atoms. The van der Waals surface area contributed by atoms with E-state index in [1.165, 1.54) is 0 Å². The third kappa shape index (κ3) is 2.05.